The van der Waals surface area contributed by atoms with Gasteiger partial charge in [0, 0.05) is 30.6 Å². The van der Waals surface area contributed by atoms with E-state index in [-0.39, 0.29) is 11.7 Å². The van der Waals surface area contributed by atoms with Crippen molar-refractivity contribution in [3.05, 3.63) is 66.0 Å². The summed E-state index contributed by atoms with van der Waals surface area (Å²) in [6.45, 7) is 4.77. The fourth-order valence-corrected chi connectivity index (χ4v) is 4.14. The first-order valence-corrected chi connectivity index (χ1v) is 12.1. The summed E-state index contributed by atoms with van der Waals surface area (Å²) in [6.07, 6.45) is 5.48. The number of likely N-dealkylation sites (tertiary alicyclic amines) is 1. The highest BCUT2D eigenvalue weighted by Gasteiger charge is 2.29. The van der Waals surface area contributed by atoms with E-state index >= 15 is 0 Å². The number of sulfonamides is 1. The van der Waals surface area contributed by atoms with Crippen LogP contribution in [0.25, 0.3) is 0 Å². The number of pyridine rings is 1. The highest BCUT2D eigenvalue weighted by atomic mass is 32.2. The van der Waals surface area contributed by atoms with Crippen LogP contribution in [-0.2, 0) is 14.8 Å². The lowest BCUT2D eigenvalue weighted by Gasteiger charge is -2.31. The highest BCUT2D eigenvalue weighted by molar-refractivity contribution is 7.93. The van der Waals surface area contributed by atoms with Gasteiger partial charge in [0.15, 0.2) is 11.6 Å². The molecule has 0 aliphatic carbocycles. The van der Waals surface area contributed by atoms with Gasteiger partial charge in [0.05, 0.1) is 11.8 Å². The van der Waals surface area contributed by atoms with Gasteiger partial charge in [-0.05, 0) is 68.4 Å². The van der Waals surface area contributed by atoms with E-state index in [4.69, 9.17) is 5.73 Å². The summed E-state index contributed by atoms with van der Waals surface area (Å²) in [5, 5.41) is -0.540. The lowest BCUT2D eigenvalue weighted by Crippen LogP contribution is -2.41. The molecule has 8 nitrogen and oxygen atoms in total. The Balaban J connectivity index is 1.62. The summed E-state index contributed by atoms with van der Waals surface area (Å²) in [4.78, 5) is 23.4. The molecule has 32 heavy (non-hydrogen) atoms. The minimum atomic E-state index is -3.44. The molecule has 1 atom stereocenters. The number of anilines is 1. The predicted octanol–water partition coefficient (Wildman–Crippen LogP) is 2.84. The van der Waals surface area contributed by atoms with E-state index in [9.17, 15) is 13.2 Å². The maximum atomic E-state index is 12.9. The maximum absolute atomic E-state index is 12.9. The summed E-state index contributed by atoms with van der Waals surface area (Å²) in [7, 11) is -3.44. The minimum absolute atomic E-state index is 0.0955. The third-order valence-corrected chi connectivity index (χ3v) is 7.07. The molecule has 2 heterocycles. The Morgan fingerprint density at radius 1 is 1.31 bits per heavy atom. The second-order valence-electron chi connectivity index (χ2n) is 8.03. The van der Waals surface area contributed by atoms with Gasteiger partial charge in [0.1, 0.15) is 0 Å². The Kier molecular flexibility index (Phi) is 7.76. The number of hydrogen-bond donors (Lipinski definition) is 2. The van der Waals surface area contributed by atoms with Crippen molar-refractivity contribution in [2.24, 2.45) is 10.7 Å². The Bertz CT molecular complexity index is 1100. The summed E-state index contributed by atoms with van der Waals surface area (Å²) in [5.74, 6) is 0.426. The van der Waals surface area contributed by atoms with Crippen LogP contribution in [0.3, 0.4) is 0 Å². The molecule has 9 heteroatoms. The molecule has 0 saturated carbocycles. The maximum Gasteiger partial charge on any atom is 0.235 e. The van der Waals surface area contributed by atoms with Crippen molar-refractivity contribution in [1.82, 2.24) is 9.88 Å². The number of nitrogens with one attached hydrogen (secondary N) is 1. The second kappa shape index (κ2) is 10.5. The molecule has 0 amide bonds. The molecular weight excluding hydrogens is 426 g/mol. The monoisotopic (exact) mass is 455 g/mol. The topological polar surface area (TPSA) is 118 Å². The van der Waals surface area contributed by atoms with E-state index in [0.717, 1.165) is 11.1 Å². The average molecular weight is 456 g/mol. The van der Waals surface area contributed by atoms with Crippen molar-refractivity contribution in [2.45, 2.75) is 31.4 Å². The number of nitrogens with two attached hydrogens (primary N) is 1. The summed E-state index contributed by atoms with van der Waals surface area (Å²) < 4.78 is 26.9. The first kappa shape index (κ1) is 23.6. The number of piperidine rings is 1. The van der Waals surface area contributed by atoms with Gasteiger partial charge in [-0.3, -0.25) is 14.4 Å². The molecule has 1 fully saturated rings. The summed E-state index contributed by atoms with van der Waals surface area (Å²) in [5.41, 5.74) is 7.85. The van der Waals surface area contributed by atoms with Gasteiger partial charge in [-0.15, -0.1) is 0 Å². The first-order chi connectivity index (χ1) is 15.3. The number of Topliss-reactive ketones (excluding diaryl/α,β-unsaturated/α-hetero) is 1. The zero-order chi connectivity index (χ0) is 23.1. The van der Waals surface area contributed by atoms with Gasteiger partial charge in [-0.25, -0.2) is 18.4 Å². The van der Waals surface area contributed by atoms with E-state index in [1.807, 2.05) is 23.1 Å². The number of rotatable bonds is 8. The number of aliphatic imine (C=N–C) groups is 1. The fraction of sp³-hybridized carbons (Fsp3) is 0.348. The molecule has 0 bridgehead atoms. The number of carbonyl (C=O) groups excluding carboxylic acids is 1. The van der Waals surface area contributed by atoms with Gasteiger partial charge < -0.3 is 5.73 Å². The molecule has 3 rings (SSSR count). The number of hydrogen-bond acceptors (Lipinski definition) is 7. The van der Waals surface area contributed by atoms with Crippen LogP contribution in [0.4, 0.5) is 11.5 Å². The lowest BCUT2D eigenvalue weighted by atomic mass is 9.88. The van der Waals surface area contributed by atoms with Crippen LogP contribution in [0, 0.1) is 0 Å². The molecule has 0 spiro atoms. The molecule has 1 aliphatic rings. The van der Waals surface area contributed by atoms with Gasteiger partial charge in [-0.1, -0.05) is 18.2 Å². The van der Waals surface area contributed by atoms with Crippen molar-refractivity contribution in [2.75, 3.05) is 24.4 Å². The largest absolute Gasteiger partial charge is 0.404 e. The number of nitrogens with zero attached hydrogens (tertiary/aromatic N) is 3. The molecule has 0 radical (unpaired) electrons. The van der Waals surface area contributed by atoms with Crippen LogP contribution in [-0.4, -0.2) is 55.2 Å². The average Bonchev–Trinajstić information content (AvgIpc) is 2.77. The number of aromatic nitrogens is 1. The second-order valence-corrected chi connectivity index (χ2v) is 10.3. The van der Waals surface area contributed by atoms with E-state index in [0.29, 0.717) is 37.6 Å². The summed E-state index contributed by atoms with van der Waals surface area (Å²) in [6, 6.07) is 12.6. The Morgan fingerprint density at radius 3 is 2.78 bits per heavy atom. The normalized spacial score (nSPS) is 18.4. The number of carbonyl (C=O) groups is 1. The van der Waals surface area contributed by atoms with Crippen molar-refractivity contribution in [1.29, 1.82) is 0 Å². The van der Waals surface area contributed by atoms with Crippen LogP contribution in [0.2, 0.25) is 0 Å². The van der Waals surface area contributed by atoms with E-state index in [1.165, 1.54) is 6.20 Å². The summed E-state index contributed by atoms with van der Waals surface area (Å²) >= 11 is 0. The van der Waals surface area contributed by atoms with Gasteiger partial charge in [0.2, 0.25) is 10.0 Å². The molecule has 3 N–H and O–H groups in total. The van der Waals surface area contributed by atoms with Gasteiger partial charge in [-0.2, -0.15) is 0 Å². The van der Waals surface area contributed by atoms with E-state index < -0.39 is 15.3 Å². The quantitative estimate of drug-likeness (QED) is 0.591. The first-order valence-electron chi connectivity index (χ1n) is 10.5. The molecule has 2 aromatic rings. The third kappa shape index (κ3) is 6.24. The van der Waals surface area contributed by atoms with Crippen molar-refractivity contribution in [3.8, 4) is 0 Å². The lowest BCUT2D eigenvalue weighted by molar-refractivity contribution is -0.123. The standard InChI is InChI=1S/C23H29N5O3S/c1-17(2)32(30,31)27-20-7-5-6-19(12-20)21-9-11-28(16-22(21)29)15-18(13-24)14-26-23-8-3-4-10-25-23/h3-8,10,12-14,17,21,27H,9,11,15-16,24H2,1-2H3/t21-/m0/s1. The SMILES string of the molecule is CC(C)S(=O)(=O)Nc1cccc([C@@H]2CCN(CC(C=Nc3ccccn3)=CN)CC2=O)c1. The highest BCUT2D eigenvalue weighted by Crippen LogP contribution is 2.28. The predicted molar refractivity (Wildman–Crippen MR) is 128 cm³/mol. The molecule has 1 aromatic heterocycles. The van der Waals surface area contributed by atoms with Crippen molar-refractivity contribution >= 4 is 33.5 Å². The van der Waals surface area contributed by atoms with Crippen LogP contribution in [0.1, 0.15) is 31.7 Å². The van der Waals surface area contributed by atoms with Gasteiger partial charge in [0.25, 0.3) is 0 Å². The Morgan fingerprint density at radius 2 is 2.12 bits per heavy atom. The zero-order valence-electron chi connectivity index (χ0n) is 18.3. The minimum Gasteiger partial charge on any atom is -0.404 e. The van der Waals surface area contributed by atoms with Gasteiger partial charge >= 0.3 is 0 Å². The molecule has 170 valence electrons. The molecule has 1 aliphatic heterocycles. The van der Waals surface area contributed by atoms with Crippen molar-refractivity contribution < 1.29 is 13.2 Å². The van der Waals surface area contributed by atoms with Crippen LogP contribution in [0.5, 0.6) is 0 Å². The number of benzene rings is 1. The number of ketones is 1. The molecule has 1 saturated heterocycles. The van der Waals surface area contributed by atoms with Crippen molar-refractivity contribution in [3.63, 3.8) is 0 Å². The van der Waals surface area contributed by atoms with E-state index in [1.54, 1.807) is 50.5 Å². The molecule has 0 unspecified atom stereocenters. The zero-order valence-corrected chi connectivity index (χ0v) is 19.1. The van der Waals surface area contributed by atoms with Crippen LogP contribution in [0.15, 0.2) is 65.4 Å². The molecular formula is C23H29N5O3S. The van der Waals surface area contributed by atoms with E-state index in [2.05, 4.69) is 14.7 Å². The Hall–Kier alpha value is -3.04. The smallest absolute Gasteiger partial charge is 0.235 e. The molecule has 1 aromatic carbocycles. The third-order valence-electron chi connectivity index (χ3n) is 5.30. The van der Waals surface area contributed by atoms with Crippen LogP contribution >= 0.6 is 0 Å². The van der Waals surface area contributed by atoms with Crippen LogP contribution < -0.4 is 10.5 Å². The Labute approximate surface area is 189 Å². The fourth-order valence-electron chi connectivity index (χ4n) is 3.44.